The molecule has 0 radical (unpaired) electrons. The van der Waals surface area contributed by atoms with E-state index in [1.807, 2.05) is 0 Å². The van der Waals surface area contributed by atoms with Gasteiger partial charge in [0.15, 0.2) is 0 Å². The molecule has 1 aromatic carbocycles. The van der Waals surface area contributed by atoms with E-state index in [2.05, 4.69) is 54.9 Å². The quantitative estimate of drug-likeness (QED) is 0.880. The van der Waals surface area contributed by atoms with Gasteiger partial charge in [-0.1, -0.05) is 41.9 Å². The van der Waals surface area contributed by atoms with Crippen molar-refractivity contribution in [2.24, 2.45) is 5.41 Å². The molecule has 0 aromatic heterocycles. The Morgan fingerprint density at radius 2 is 2.00 bits per heavy atom. The van der Waals surface area contributed by atoms with Gasteiger partial charge in [0.2, 0.25) is 0 Å². The van der Waals surface area contributed by atoms with E-state index in [1.165, 1.54) is 11.1 Å². The second kappa shape index (κ2) is 4.45. The van der Waals surface area contributed by atoms with Crippen LogP contribution in [0.1, 0.15) is 25.0 Å². The molecule has 0 saturated carbocycles. The lowest BCUT2D eigenvalue weighted by atomic mass is 9.86. The van der Waals surface area contributed by atoms with Gasteiger partial charge in [0.05, 0.1) is 0 Å². The average Bonchev–Trinajstić information content (AvgIpc) is 2.11. The zero-order chi connectivity index (χ0) is 10.8. The average molecular weight is 257 g/mol. The van der Waals surface area contributed by atoms with Crippen LogP contribution in [0.3, 0.4) is 0 Å². The van der Waals surface area contributed by atoms with Crippen LogP contribution >= 0.6 is 15.9 Å². The molecule has 2 heteroatoms. The fourth-order valence-corrected chi connectivity index (χ4v) is 1.78. The van der Waals surface area contributed by atoms with E-state index >= 15 is 0 Å². The van der Waals surface area contributed by atoms with Gasteiger partial charge in [0.25, 0.3) is 0 Å². The maximum Gasteiger partial charge on any atom is 0.0485 e. The number of hydrogen-bond acceptors (Lipinski definition) is 1. The minimum absolute atomic E-state index is 0.0330. The lowest BCUT2D eigenvalue weighted by Gasteiger charge is -2.21. The summed E-state index contributed by atoms with van der Waals surface area (Å²) in [6, 6.07) is 6.36. The predicted octanol–water partition coefficient (Wildman–Crippen LogP) is 3.32. The molecule has 0 atom stereocenters. The third kappa shape index (κ3) is 3.10. The minimum Gasteiger partial charge on any atom is -0.396 e. The van der Waals surface area contributed by atoms with E-state index in [9.17, 15) is 0 Å². The Hall–Kier alpha value is -0.340. The van der Waals surface area contributed by atoms with Crippen LogP contribution in [0.4, 0.5) is 0 Å². The van der Waals surface area contributed by atoms with E-state index in [-0.39, 0.29) is 12.0 Å². The zero-order valence-corrected chi connectivity index (χ0v) is 10.6. The number of halogens is 1. The van der Waals surface area contributed by atoms with Crippen molar-refractivity contribution in [2.75, 3.05) is 6.61 Å². The molecule has 0 unspecified atom stereocenters. The zero-order valence-electron chi connectivity index (χ0n) is 8.97. The van der Waals surface area contributed by atoms with Crippen molar-refractivity contribution in [3.05, 3.63) is 33.8 Å². The van der Waals surface area contributed by atoms with Crippen LogP contribution in [0.2, 0.25) is 0 Å². The Bertz CT molecular complexity index is 318. The number of aliphatic hydroxyl groups is 1. The van der Waals surface area contributed by atoms with E-state index in [0.717, 1.165) is 10.9 Å². The summed E-state index contributed by atoms with van der Waals surface area (Å²) in [6.07, 6.45) is 0.905. The van der Waals surface area contributed by atoms with Crippen LogP contribution in [0, 0.1) is 12.3 Å². The maximum atomic E-state index is 9.17. The molecule has 0 aliphatic heterocycles. The smallest absolute Gasteiger partial charge is 0.0485 e. The summed E-state index contributed by atoms with van der Waals surface area (Å²) in [5, 5.41) is 9.17. The van der Waals surface area contributed by atoms with Gasteiger partial charge in [0.1, 0.15) is 0 Å². The molecule has 14 heavy (non-hydrogen) atoms. The molecular weight excluding hydrogens is 240 g/mol. The molecule has 78 valence electrons. The predicted molar refractivity (Wildman–Crippen MR) is 63.4 cm³/mol. The largest absolute Gasteiger partial charge is 0.396 e. The first kappa shape index (κ1) is 11.7. The topological polar surface area (TPSA) is 20.2 Å². The van der Waals surface area contributed by atoms with Gasteiger partial charge in [-0.15, -0.1) is 0 Å². The maximum absolute atomic E-state index is 9.17. The van der Waals surface area contributed by atoms with Gasteiger partial charge in [0, 0.05) is 11.1 Å². The molecule has 0 saturated heterocycles. The molecule has 0 amide bonds. The normalized spacial score (nSPS) is 11.8. The second-order valence-corrected chi connectivity index (χ2v) is 5.44. The highest BCUT2D eigenvalue weighted by Gasteiger charge is 2.17. The fourth-order valence-electron chi connectivity index (χ4n) is 1.35. The van der Waals surface area contributed by atoms with Gasteiger partial charge in [-0.2, -0.15) is 0 Å². The SMILES string of the molecule is Cc1ccc(CC(C)(C)CO)cc1Br. The summed E-state index contributed by atoms with van der Waals surface area (Å²) in [5.74, 6) is 0. The van der Waals surface area contributed by atoms with Crippen LogP contribution in [0.5, 0.6) is 0 Å². The molecule has 1 nitrogen and oxygen atoms in total. The van der Waals surface area contributed by atoms with E-state index < -0.39 is 0 Å². The van der Waals surface area contributed by atoms with Crippen molar-refractivity contribution >= 4 is 15.9 Å². The number of rotatable bonds is 3. The molecule has 0 spiro atoms. The van der Waals surface area contributed by atoms with Crippen LogP contribution in [0.25, 0.3) is 0 Å². The minimum atomic E-state index is -0.0330. The monoisotopic (exact) mass is 256 g/mol. The summed E-state index contributed by atoms with van der Waals surface area (Å²) in [7, 11) is 0. The van der Waals surface area contributed by atoms with Gasteiger partial charge >= 0.3 is 0 Å². The van der Waals surface area contributed by atoms with Crippen molar-refractivity contribution in [1.29, 1.82) is 0 Å². The fraction of sp³-hybridized carbons (Fsp3) is 0.500. The highest BCUT2D eigenvalue weighted by Crippen LogP contribution is 2.24. The van der Waals surface area contributed by atoms with Gasteiger partial charge < -0.3 is 5.11 Å². The van der Waals surface area contributed by atoms with E-state index in [4.69, 9.17) is 5.11 Å². The third-order valence-corrected chi connectivity index (χ3v) is 3.20. The Morgan fingerprint density at radius 1 is 1.36 bits per heavy atom. The Morgan fingerprint density at radius 3 is 2.50 bits per heavy atom. The summed E-state index contributed by atoms with van der Waals surface area (Å²) >= 11 is 3.51. The molecule has 0 aliphatic rings. The van der Waals surface area contributed by atoms with Gasteiger partial charge in [-0.25, -0.2) is 0 Å². The van der Waals surface area contributed by atoms with Crippen LogP contribution in [-0.4, -0.2) is 11.7 Å². The first-order valence-corrected chi connectivity index (χ1v) is 5.60. The number of aliphatic hydroxyl groups excluding tert-OH is 1. The summed E-state index contributed by atoms with van der Waals surface area (Å²) in [5.41, 5.74) is 2.48. The molecule has 1 aromatic rings. The summed E-state index contributed by atoms with van der Waals surface area (Å²) in [6.45, 7) is 6.44. The molecule has 0 fully saturated rings. The lowest BCUT2D eigenvalue weighted by Crippen LogP contribution is -2.19. The molecular formula is C12H17BrO. The molecule has 1 N–H and O–H groups in total. The van der Waals surface area contributed by atoms with Gasteiger partial charge in [-0.05, 0) is 36.0 Å². The first-order valence-electron chi connectivity index (χ1n) is 4.80. The van der Waals surface area contributed by atoms with Crippen LogP contribution < -0.4 is 0 Å². The Labute approximate surface area is 94.3 Å². The number of hydrogen-bond donors (Lipinski definition) is 1. The Kier molecular flexibility index (Phi) is 3.73. The lowest BCUT2D eigenvalue weighted by molar-refractivity contribution is 0.159. The van der Waals surface area contributed by atoms with Crippen LogP contribution in [-0.2, 0) is 6.42 Å². The number of aryl methyl sites for hydroxylation is 1. The van der Waals surface area contributed by atoms with Crippen molar-refractivity contribution in [2.45, 2.75) is 27.2 Å². The molecule has 0 heterocycles. The first-order chi connectivity index (χ1) is 6.44. The molecule has 0 aliphatic carbocycles. The standard InChI is InChI=1S/C12H17BrO/c1-9-4-5-10(6-11(9)13)7-12(2,3)8-14/h4-6,14H,7-8H2,1-3H3. The van der Waals surface area contributed by atoms with Gasteiger partial charge in [-0.3, -0.25) is 0 Å². The molecule has 0 bridgehead atoms. The highest BCUT2D eigenvalue weighted by molar-refractivity contribution is 9.10. The van der Waals surface area contributed by atoms with E-state index in [0.29, 0.717) is 0 Å². The summed E-state index contributed by atoms with van der Waals surface area (Å²) in [4.78, 5) is 0. The summed E-state index contributed by atoms with van der Waals surface area (Å²) < 4.78 is 1.14. The van der Waals surface area contributed by atoms with Crippen LogP contribution in [0.15, 0.2) is 22.7 Å². The van der Waals surface area contributed by atoms with Crippen molar-refractivity contribution in [1.82, 2.24) is 0 Å². The third-order valence-electron chi connectivity index (χ3n) is 2.35. The molecule has 1 rings (SSSR count). The number of benzene rings is 1. The second-order valence-electron chi connectivity index (χ2n) is 4.58. The van der Waals surface area contributed by atoms with E-state index in [1.54, 1.807) is 0 Å². The van der Waals surface area contributed by atoms with Crippen molar-refractivity contribution in [3.8, 4) is 0 Å². The highest BCUT2D eigenvalue weighted by atomic mass is 79.9. The van der Waals surface area contributed by atoms with Crippen molar-refractivity contribution < 1.29 is 5.11 Å². The Balaban J connectivity index is 2.83. The van der Waals surface area contributed by atoms with Crippen molar-refractivity contribution in [3.63, 3.8) is 0 Å².